The van der Waals surface area contributed by atoms with Crippen LogP contribution in [0.4, 0.5) is 5.69 Å². The van der Waals surface area contributed by atoms with Gasteiger partial charge in [0.05, 0.1) is 0 Å². The Labute approximate surface area is 154 Å². The number of para-hydroxylation sites is 1. The molecular weight excluding hydrogens is 328 g/mol. The standard InChI is InChI=1S/C21H26N2O3/c1-5-16(4)22-21(25)17-10-7-11-18(12-17)23-19(24)13-26-20-14(2)8-6-9-15(20)3/h6-12,16H,5,13H2,1-4H3,(H,22,25)(H,23,24). The highest BCUT2D eigenvalue weighted by molar-refractivity contribution is 5.97. The van der Waals surface area contributed by atoms with Gasteiger partial charge in [-0.2, -0.15) is 0 Å². The van der Waals surface area contributed by atoms with E-state index in [9.17, 15) is 9.59 Å². The Bertz CT molecular complexity index is 766. The van der Waals surface area contributed by atoms with Crippen LogP contribution in [0.25, 0.3) is 0 Å². The minimum Gasteiger partial charge on any atom is -0.483 e. The van der Waals surface area contributed by atoms with E-state index in [0.717, 1.165) is 23.3 Å². The van der Waals surface area contributed by atoms with E-state index in [0.29, 0.717) is 11.3 Å². The van der Waals surface area contributed by atoms with Crippen molar-refractivity contribution in [2.75, 3.05) is 11.9 Å². The van der Waals surface area contributed by atoms with Gasteiger partial charge in [0.25, 0.3) is 11.8 Å². The van der Waals surface area contributed by atoms with Crippen molar-refractivity contribution < 1.29 is 14.3 Å². The largest absolute Gasteiger partial charge is 0.483 e. The van der Waals surface area contributed by atoms with Crippen LogP contribution < -0.4 is 15.4 Å². The molecule has 0 aliphatic carbocycles. The molecule has 2 N–H and O–H groups in total. The molecule has 0 aliphatic heterocycles. The van der Waals surface area contributed by atoms with E-state index in [1.165, 1.54) is 0 Å². The number of rotatable bonds is 7. The molecule has 5 heteroatoms. The highest BCUT2D eigenvalue weighted by atomic mass is 16.5. The van der Waals surface area contributed by atoms with Crippen molar-refractivity contribution in [2.24, 2.45) is 0 Å². The van der Waals surface area contributed by atoms with E-state index in [2.05, 4.69) is 10.6 Å². The third-order valence-corrected chi connectivity index (χ3v) is 4.15. The Kier molecular flexibility index (Phi) is 6.78. The van der Waals surface area contributed by atoms with E-state index < -0.39 is 0 Å². The molecule has 0 heterocycles. The number of amides is 2. The summed E-state index contributed by atoms with van der Waals surface area (Å²) in [6.45, 7) is 7.76. The van der Waals surface area contributed by atoms with Crippen molar-refractivity contribution in [1.29, 1.82) is 0 Å². The number of anilines is 1. The van der Waals surface area contributed by atoms with Gasteiger partial charge in [0.2, 0.25) is 0 Å². The molecular formula is C21H26N2O3. The fraction of sp³-hybridized carbons (Fsp3) is 0.333. The summed E-state index contributed by atoms with van der Waals surface area (Å²) in [6, 6.07) is 12.8. The summed E-state index contributed by atoms with van der Waals surface area (Å²) in [5, 5.41) is 5.68. The summed E-state index contributed by atoms with van der Waals surface area (Å²) in [7, 11) is 0. The zero-order valence-electron chi connectivity index (χ0n) is 15.8. The molecule has 2 aromatic rings. The van der Waals surface area contributed by atoms with Crippen molar-refractivity contribution in [3.05, 3.63) is 59.2 Å². The van der Waals surface area contributed by atoms with Gasteiger partial charge in [0, 0.05) is 17.3 Å². The molecule has 0 aromatic heterocycles. The van der Waals surface area contributed by atoms with E-state index in [1.807, 2.05) is 45.9 Å². The molecule has 2 amide bonds. The first-order valence-corrected chi connectivity index (χ1v) is 8.80. The van der Waals surface area contributed by atoms with Gasteiger partial charge in [0.15, 0.2) is 6.61 Å². The third-order valence-electron chi connectivity index (χ3n) is 4.15. The summed E-state index contributed by atoms with van der Waals surface area (Å²) in [4.78, 5) is 24.4. The van der Waals surface area contributed by atoms with Crippen molar-refractivity contribution in [3.8, 4) is 5.75 Å². The first-order valence-electron chi connectivity index (χ1n) is 8.80. The number of ether oxygens (including phenoxy) is 1. The molecule has 2 rings (SSSR count). The lowest BCUT2D eigenvalue weighted by Gasteiger charge is -2.13. The van der Waals surface area contributed by atoms with E-state index in [4.69, 9.17) is 4.74 Å². The molecule has 138 valence electrons. The first-order chi connectivity index (χ1) is 12.4. The monoisotopic (exact) mass is 354 g/mol. The van der Waals surface area contributed by atoms with Gasteiger partial charge in [-0.25, -0.2) is 0 Å². The molecule has 0 aliphatic rings. The second kappa shape index (κ2) is 9.04. The molecule has 2 aromatic carbocycles. The number of carbonyl (C=O) groups excluding carboxylic acids is 2. The van der Waals surface area contributed by atoms with Gasteiger partial charge in [-0.1, -0.05) is 31.2 Å². The van der Waals surface area contributed by atoms with Crippen LogP contribution >= 0.6 is 0 Å². The van der Waals surface area contributed by atoms with Crippen LogP contribution in [0.2, 0.25) is 0 Å². The number of nitrogens with one attached hydrogen (secondary N) is 2. The molecule has 26 heavy (non-hydrogen) atoms. The molecule has 1 unspecified atom stereocenters. The number of hydrogen-bond donors (Lipinski definition) is 2. The Hall–Kier alpha value is -2.82. The topological polar surface area (TPSA) is 67.4 Å². The number of aryl methyl sites for hydroxylation is 2. The van der Waals surface area contributed by atoms with Crippen molar-refractivity contribution in [2.45, 2.75) is 40.2 Å². The summed E-state index contributed by atoms with van der Waals surface area (Å²) < 4.78 is 5.66. The maximum atomic E-state index is 12.2. The van der Waals surface area contributed by atoms with E-state index in [-0.39, 0.29) is 24.5 Å². The minimum absolute atomic E-state index is 0.0883. The number of carbonyl (C=O) groups is 2. The third kappa shape index (κ3) is 5.34. The normalized spacial score (nSPS) is 11.5. The van der Waals surface area contributed by atoms with E-state index in [1.54, 1.807) is 24.3 Å². The molecule has 0 saturated carbocycles. The summed E-state index contributed by atoms with van der Waals surface area (Å²) in [5.74, 6) is 0.304. The number of hydrogen-bond acceptors (Lipinski definition) is 3. The zero-order valence-corrected chi connectivity index (χ0v) is 15.8. The van der Waals surface area contributed by atoms with Crippen LogP contribution in [0.3, 0.4) is 0 Å². The second-order valence-corrected chi connectivity index (χ2v) is 6.42. The molecule has 5 nitrogen and oxygen atoms in total. The van der Waals surface area contributed by atoms with Crippen LogP contribution in [-0.4, -0.2) is 24.5 Å². The Morgan fingerprint density at radius 1 is 1.08 bits per heavy atom. The van der Waals surface area contributed by atoms with Gasteiger partial charge >= 0.3 is 0 Å². The summed E-state index contributed by atoms with van der Waals surface area (Å²) in [6.07, 6.45) is 0.859. The number of benzene rings is 2. The lowest BCUT2D eigenvalue weighted by atomic mass is 10.1. The van der Waals surface area contributed by atoms with Crippen LogP contribution in [0.15, 0.2) is 42.5 Å². The van der Waals surface area contributed by atoms with Crippen molar-refractivity contribution in [3.63, 3.8) is 0 Å². The van der Waals surface area contributed by atoms with Gasteiger partial charge in [0.1, 0.15) is 5.75 Å². The van der Waals surface area contributed by atoms with Crippen molar-refractivity contribution in [1.82, 2.24) is 5.32 Å². The van der Waals surface area contributed by atoms with Gasteiger partial charge < -0.3 is 15.4 Å². The SMILES string of the molecule is CCC(C)NC(=O)c1cccc(NC(=O)COc2c(C)cccc2C)c1. The van der Waals surface area contributed by atoms with Gasteiger partial charge in [-0.05, 0) is 56.5 Å². The average molecular weight is 354 g/mol. The lowest BCUT2D eigenvalue weighted by molar-refractivity contribution is -0.118. The summed E-state index contributed by atoms with van der Waals surface area (Å²) >= 11 is 0. The molecule has 1 atom stereocenters. The Morgan fingerprint density at radius 2 is 1.73 bits per heavy atom. The fourth-order valence-electron chi connectivity index (χ4n) is 2.51. The first kappa shape index (κ1) is 19.5. The summed E-state index contributed by atoms with van der Waals surface area (Å²) in [5.41, 5.74) is 3.05. The molecule has 0 fully saturated rings. The highest BCUT2D eigenvalue weighted by Gasteiger charge is 2.11. The predicted octanol–water partition coefficient (Wildman–Crippen LogP) is 3.85. The molecule has 0 spiro atoms. The maximum absolute atomic E-state index is 12.2. The van der Waals surface area contributed by atoms with Crippen molar-refractivity contribution >= 4 is 17.5 Å². The Balaban J connectivity index is 1.97. The highest BCUT2D eigenvalue weighted by Crippen LogP contribution is 2.22. The van der Waals surface area contributed by atoms with E-state index >= 15 is 0 Å². The fourth-order valence-corrected chi connectivity index (χ4v) is 2.51. The zero-order chi connectivity index (χ0) is 19.1. The predicted molar refractivity (Wildman–Crippen MR) is 104 cm³/mol. The maximum Gasteiger partial charge on any atom is 0.262 e. The lowest BCUT2D eigenvalue weighted by Crippen LogP contribution is -2.32. The van der Waals surface area contributed by atoms with Gasteiger partial charge in [-0.3, -0.25) is 9.59 Å². The average Bonchev–Trinajstić information content (AvgIpc) is 2.61. The minimum atomic E-state index is -0.271. The van der Waals surface area contributed by atoms with Gasteiger partial charge in [-0.15, -0.1) is 0 Å². The van der Waals surface area contributed by atoms with Crippen LogP contribution in [-0.2, 0) is 4.79 Å². The molecule has 0 bridgehead atoms. The second-order valence-electron chi connectivity index (χ2n) is 6.42. The van der Waals surface area contributed by atoms with Crippen LogP contribution in [0, 0.1) is 13.8 Å². The van der Waals surface area contributed by atoms with Crippen LogP contribution in [0.1, 0.15) is 41.8 Å². The Morgan fingerprint density at radius 3 is 2.38 bits per heavy atom. The van der Waals surface area contributed by atoms with Crippen LogP contribution in [0.5, 0.6) is 5.75 Å². The smallest absolute Gasteiger partial charge is 0.262 e. The molecule has 0 radical (unpaired) electrons. The quantitative estimate of drug-likeness (QED) is 0.794. The molecule has 0 saturated heterocycles.